The van der Waals surface area contributed by atoms with Crippen LogP contribution >= 0.6 is 0 Å². The molecule has 0 aliphatic carbocycles. The van der Waals surface area contributed by atoms with Crippen LogP contribution < -0.4 is 5.56 Å². The van der Waals surface area contributed by atoms with E-state index in [2.05, 4.69) is 0 Å². The van der Waals surface area contributed by atoms with Crippen molar-refractivity contribution in [2.24, 2.45) is 5.92 Å². The number of rotatable bonds is 3. The molecule has 5 nitrogen and oxygen atoms in total. The fourth-order valence-electron chi connectivity index (χ4n) is 4.17. The maximum atomic E-state index is 12.7. The summed E-state index contributed by atoms with van der Waals surface area (Å²) in [6.45, 7) is 2.16. The zero-order chi connectivity index (χ0) is 17.4. The number of benzene rings is 1. The maximum absolute atomic E-state index is 12.7. The van der Waals surface area contributed by atoms with Gasteiger partial charge < -0.3 is 14.6 Å². The quantitative estimate of drug-likeness (QED) is 0.932. The van der Waals surface area contributed by atoms with Crippen LogP contribution in [0.4, 0.5) is 0 Å². The monoisotopic (exact) mass is 338 g/mol. The zero-order valence-corrected chi connectivity index (χ0v) is 14.1. The van der Waals surface area contributed by atoms with Gasteiger partial charge in [0.2, 0.25) is 5.91 Å². The minimum atomic E-state index is 0.0688. The summed E-state index contributed by atoms with van der Waals surface area (Å²) in [5, 5.41) is 9.33. The van der Waals surface area contributed by atoms with E-state index in [9.17, 15) is 14.7 Å². The van der Waals surface area contributed by atoms with Crippen LogP contribution in [-0.4, -0.2) is 33.6 Å². The molecule has 0 radical (unpaired) electrons. The van der Waals surface area contributed by atoms with Crippen LogP contribution in [-0.2, 0) is 17.8 Å². The van der Waals surface area contributed by atoms with E-state index < -0.39 is 0 Å². The van der Waals surface area contributed by atoms with Gasteiger partial charge in [0.1, 0.15) is 5.75 Å². The summed E-state index contributed by atoms with van der Waals surface area (Å²) >= 11 is 0. The molecule has 5 heteroatoms. The molecule has 3 heterocycles. The summed E-state index contributed by atoms with van der Waals surface area (Å²) in [7, 11) is 0. The fourth-order valence-corrected chi connectivity index (χ4v) is 4.17. The summed E-state index contributed by atoms with van der Waals surface area (Å²) in [5.41, 5.74) is 2.19. The van der Waals surface area contributed by atoms with Crippen LogP contribution in [0, 0.1) is 5.92 Å². The number of aryl methyl sites for hydroxylation is 1. The number of aromatic nitrogens is 1. The number of fused-ring (bicyclic) bond motifs is 4. The van der Waals surface area contributed by atoms with Gasteiger partial charge in [-0.25, -0.2) is 0 Å². The van der Waals surface area contributed by atoms with E-state index in [1.165, 1.54) is 0 Å². The first-order valence-corrected chi connectivity index (χ1v) is 8.85. The van der Waals surface area contributed by atoms with Gasteiger partial charge in [-0.1, -0.05) is 18.2 Å². The van der Waals surface area contributed by atoms with Gasteiger partial charge in [-0.2, -0.15) is 0 Å². The van der Waals surface area contributed by atoms with Gasteiger partial charge in [0.25, 0.3) is 5.56 Å². The molecule has 2 bridgehead atoms. The van der Waals surface area contributed by atoms with Crippen molar-refractivity contribution >= 4 is 5.91 Å². The molecule has 4 rings (SSSR count). The highest BCUT2D eigenvalue weighted by atomic mass is 16.3. The Hall–Kier alpha value is -2.56. The Labute approximate surface area is 146 Å². The summed E-state index contributed by atoms with van der Waals surface area (Å²) < 4.78 is 1.89. The van der Waals surface area contributed by atoms with Crippen molar-refractivity contribution in [3.63, 3.8) is 0 Å². The topological polar surface area (TPSA) is 62.5 Å². The van der Waals surface area contributed by atoms with Gasteiger partial charge >= 0.3 is 0 Å². The number of hydrogen-bond donors (Lipinski definition) is 1. The number of nitrogens with zero attached hydrogens (tertiary/aromatic N) is 2. The number of phenolic OH excluding ortho intramolecular Hbond substituents is 1. The highest BCUT2D eigenvalue weighted by Gasteiger charge is 2.35. The first-order chi connectivity index (χ1) is 12.1. The third-order valence-corrected chi connectivity index (χ3v) is 5.40. The molecule has 0 saturated carbocycles. The van der Waals surface area contributed by atoms with Crippen molar-refractivity contribution in [2.45, 2.75) is 31.7 Å². The van der Waals surface area contributed by atoms with Crippen LogP contribution in [0.2, 0.25) is 0 Å². The van der Waals surface area contributed by atoms with Crippen LogP contribution in [0.25, 0.3) is 0 Å². The van der Waals surface area contributed by atoms with Crippen molar-refractivity contribution in [3.05, 3.63) is 64.1 Å². The largest absolute Gasteiger partial charge is 0.508 e. The Bertz CT molecular complexity index is 841. The van der Waals surface area contributed by atoms with E-state index in [4.69, 9.17) is 0 Å². The van der Waals surface area contributed by atoms with Crippen molar-refractivity contribution < 1.29 is 9.90 Å². The molecule has 0 spiro atoms. The van der Waals surface area contributed by atoms with E-state index in [0.717, 1.165) is 24.2 Å². The second kappa shape index (κ2) is 6.39. The molecule has 25 heavy (non-hydrogen) atoms. The highest BCUT2D eigenvalue weighted by Crippen LogP contribution is 2.35. The second-order valence-corrected chi connectivity index (χ2v) is 7.16. The van der Waals surface area contributed by atoms with Crippen molar-refractivity contribution in [1.82, 2.24) is 9.47 Å². The van der Waals surface area contributed by atoms with Gasteiger partial charge in [0, 0.05) is 43.7 Å². The van der Waals surface area contributed by atoms with E-state index in [1.807, 2.05) is 33.7 Å². The average Bonchev–Trinajstić information content (AvgIpc) is 2.62. The molecule has 1 saturated heterocycles. The first-order valence-electron chi connectivity index (χ1n) is 8.85. The third kappa shape index (κ3) is 3.18. The molecular formula is C20H22N2O3. The van der Waals surface area contributed by atoms with Crippen LogP contribution in [0.5, 0.6) is 5.75 Å². The first kappa shape index (κ1) is 15.9. The standard InChI is InChI=1S/C20H22N2O3/c23-17-7-4-14(5-8-17)6-9-19(24)21-11-15-10-16(13-21)18-2-1-3-20(25)22(18)12-15/h1-5,7-8,15-16,23H,6,9-13H2/t15-,16-/m1/s1. The fraction of sp³-hybridized carbons (Fsp3) is 0.400. The van der Waals surface area contributed by atoms with Crippen LogP contribution in [0.3, 0.4) is 0 Å². The highest BCUT2D eigenvalue weighted by molar-refractivity contribution is 5.76. The summed E-state index contributed by atoms with van der Waals surface area (Å²) in [6, 6.07) is 12.5. The zero-order valence-electron chi connectivity index (χ0n) is 14.1. The molecule has 1 aromatic heterocycles. The normalized spacial score (nSPS) is 21.7. The minimum absolute atomic E-state index is 0.0688. The maximum Gasteiger partial charge on any atom is 0.250 e. The van der Waals surface area contributed by atoms with E-state index in [-0.39, 0.29) is 23.1 Å². The third-order valence-electron chi connectivity index (χ3n) is 5.40. The Balaban J connectivity index is 1.44. The molecule has 130 valence electrons. The number of likely N-dealkylation sites (tertiary alicyclic amines) is 1. The van der Waals surface area contributed by atoms with E-state index in [0.29, 0.717) is 31.8 Å². The molecule has 1 aromatic carbocycles. The van der Waals surface area contributed by atoms with Crippen LogP contribution in [0.1, 0.15) is 30.0 Å². The molecule has 1 N–H and O–H groups in total. The number of amides is 1. The second-order valence-electron chi connectivity index (χ2n) is 7.16. The number of aromatic hydroxyl groups is 1. The van der Waals surface area contributed by atoms with Gasteiger partial charge in [-0.3, -0.25) is 9.59 Å². The smallest absolute Gasteiger partial charge is 0.250 e. The van der Waals surface area contributed by atoms with Crippen molar-refractivity contribution in [2.75, 3.05) is 13.1 Å². The Morgan fingerprint density at radius 1 is 1.08 bits per heavy atom. The van der Waals surface area contributed by atoms with Gasteiger partial charge in [-0.05, 0) is 42.5 Å². The molecule has 1 fully saturated rings. The Morgan fingerprint density at radius 2 is 1.88 bits per heavy atom. The Kier molecular flexibility index (Phi) is 4.07. The lowest BCUT2D eigenvalue weighted by Crippen LogP contribution is -2.49. The van der Waals surface area contributed by atoms with Crippen molar-refractivity contribution in [1.29, 1.82) is 0 Å². The summed E-state index contributed by atoms with van der Waals surface area (Å²) in [4.78, 5) is 26.7. The SMILES string of the molecule is O=C(CCc1ccc(O)cc1)N1C[C@H]2C[C@H](C1)c1cccc(=O)n1C2. The number of hydrogen-bond acceptors (Lipinski definition) is 3. The van der Waals surface area contributed by atoms with Gasteiger partial charge in [-0.15, -0.1) is 0 Å². The lowest BCUT2D eigenvalue weighted by molar-refractivity contribution is -0.133. The van der Waals surface area contributed by atoms with E-state index in [1.54, 1.807) is 18.2 Å². The van der Waals surface area contributed by atoms with Crippen molar-refractivity contribution in [3.8, 4) is 5.75 Å². The number of carbonyl (C=O) groups excluding carboxylic acids is 1. The molecule has 2 aromatic rings. The lowest BCUT2D eigenvalue weighted by atomic mass is 9.83. The number of pyridine rings is 1. The lowest BCUT2D eigenvalue weighted by Gasteiger charge is -2.42. The molecule has 2 atom stereocenters. The molecular weight excluding hydrogens is 316 g/mol. The summed E-state index contributed by atoms with van der Waals surface area (Å²) in [5.74, 6) is 1.05. The number of piperidine rings is 1. The number of carbonyl (C=O) groups is 1. The molecule has 2 aliphatic heterocycles. The summed E-state index contributed by atoms with van der Waals surface area (Å²) in [6.07, 6.45) is 2.22. The Morgan fingerprint density at radius 3 is 2.68 bits per heavy atom. The predicted octanol–water partition coefficient (Wildman–Crippen LogP) is 2.13. The molecule has 0 unspecified atom stereocenters. The average molecular weight is 338 g/mol. The van der Waals surface area contributed by atoms with Gasteiger partial charge in [0.05, 0.1) is 0 Å². The predicted molar refractivity (Wildman–Crippen MR) is 94.6 cm³/mol. The molecule has 2 aliphatic rings. The van der Waals surface area contributed by atoms with E-state index >= 15 is 0 Å². The van der Waals surface area contributed by atoms with Crippen LogP contribution in [0.15, 0.2) is 47.3 Å². The number of phenols is 1. The minimum Gasteiger partial charge on any atom is -0.508 e. The molecule has 1 amide bonds. The van der Waals surface area contributed by atoms with Gasteiger partial charge in [0.15, 0.2) is 0 Å².